The Balaban J connectivity index is 0.000000162. The molecule has 4 fully saturated rings. The van der Waals surface area contributed by atoms with Crippen molar-refractivity contribution < 1.29 is 48.2 Å². The predicted octanol–water partition coefficient (Wildman–Crippen LogP) is 5.04. The van der Waals surface area contributed by atoms with Crippen LogP contribution in [0.3, 0.4) is 0 Å². The maximum Gasteiger partial charge on any atom is 0.320 e. The van der Waals surface area contributed by atoms with Crippen LogP contribution in [0.1, 0.15) is 116 Å². The minimum atomic E-state index is -0.514. The molecule has 64 heavy (non-hydrogen) atoms. The zero-order valence-electron chi connectivity index (χ0n) is 39.7. The summed E-state index contributed by atoms with van der Waals surface area (Å²) in [6.07, 6.45) is 6.63. The fourth-order valence-corrected chi connectivity index (χ4v) is 14.2. The molecule has 10 rings (SSSR count). The average molecular weight is 889 g/mol. The molecular weight excluding hydrogens is 817 g/mol. The van der Waals surface area contributed by atoms with E-state index in [0.717, 1.165) is 75.6 Å². The minimum Gasteiger partial charge on any atom is -0.504 e. The lowest BCUT2D eigenvalue weighted by molar-refractivity contribution is -0.214. The molecule has 14 heteroatoms. The summed E-state index contributed by atoms with van der Waals surface area (Å²) in [6, 6.07) is 8.09. The Kier molecular flexibility index (Phi) is 11.4. The summed E-state index contributed by atoms with van der Waals surface area (Å²) in [6.45, 7) is 18.9. The van der Waals surface area contributed by atoms with E-state index in [1.165, 1.54) is 11.1 Å². The van der Waals surface area contributed by atoms with E-state index in [2.05, 4.69) is 60.5 Å². The Hall–Kier alpha value is -3.66. The number of benzene rings is 2. The van der Waals surface area contributed by atoms with Crippen molar-refractivity contribution in [3.8, 4) is 23.0 Å². The van der Waals surface area contributed by atoms with Crippen molar-refractivity contribution in [2.45, 2.75) is 176 Å². The molecular formula is C50H72N4O10. The Labute approximate surface area is 379 Å². The Morgan fingerprint density at radius 1 is 0.672 bits per heavy atom. The van der Waals surface area contributed by atoms with Crippen LogP contribution >= 0.6 is 0 Å². The Morgan fingerprint density at radius 2 is 1.06 bits per heavy atom. The quantitative estimate of drug-likeness (QED) is 0.235. The van der Waals surface area contributed by atoms with E-state index in [9.17, 15) is 19.8 Å². The van der Waals surface area contributed by atoms with E-state index >= 15 is 0 Å². The monoisotopic (exact) mass is 889 g/mol. The first kappa shape index (κ1) is 45.5. The summed E-state index contributed by atoms with van der Waals surface area (Å²) in [5.74, 6) is 1.10. The van der Waals surface area contributed by atoms with Crippen molar-refractivity contribution in [2.24, 2.45) is 0 Å². The van der Waals surface area contributed by atoms with Gasteiger partial charge in [0.05, 0.1) is 35.1 Å². The molecule has 0 amide bonds. The van der Waals surface area contributed by atoms with Crippen molar-refractivity contribution in [2.75, 3.05) is 53.5 Å². The molecule has 2 spiro atoms. The first-order valence-electron chi connectivity index (χ1n) is 23.9. The van der Waals surface area contributed by atoms with Crippen molar-refractivity contribution in [3.05, 3.63) is 46.5 Å². The van der Waals surface area contributed by atoms with Crippen LogP contribution in [0.25, 0.3) is 0 Å². The molecule has 0 radical (unpaired) electrons. The van der Waals surface area contributed by atoms with Gasteiger partial charge in [0.1, 0.15) is 23.4 Å². The van der Waals surface area contributed by atoms with Crippen LogP contribution in [0.4, 0.5) is 0 Å². The molecule has 4 aliphatic carbocycles. The van der Waals surface area contributed by atoms with Gasteiger partial charge >= 0.3 is 11.9 Å². The fourth-order valence-electron chi connectivity index (χ4n) is 14.2. The highest BCUT2D eigenvalue weighted by Crippen LogP contribution is 2.68. The highest BCUT2D eigenvalue weighted by Gasteiger charge is 2.75. The van der Waals surface area contributed by atoms with Gasteiger partial charge in [-0.2, -0.15) is 0 Å². The largest absolute Gasteiger partial charge is 0.504 e. The number of carbonyl (C=O) groups excluding carboxylic acids is 2. The van der Waals surface area contributed by atoms with E-state index in [1.807, 2.05) is 41.5 Å². The molecule has 2 aromatic rings. The smallest absolute Gasteiger partial charge is 0.320 e. The van der Waals surface area contributed by atoms with Crippen molar-refractivity contribution in [3.63, 3.8) is 0 Å². The molecule has 4 heterocycles. The lowest BCUT2D eigenvalue weighted by Crippen LogP contribution is -2.78. The molecule has 4 bridgehead atoms. The third kappa shape index (κ3) is 6.77. The molecule has 2 unspecified atom stereocenters. The second-order valence-electron chi connectivity index (χ2n) is 21.7. The van der Waals surface area contributed by atoms with Gasteiger partial charge in [-0.3, -0.25) is 9.59 Å². The number of hydrogen-bond donors (Lipinski definition) is 4. The summed E-state index contributed by atoms with van der Waals surface area (Å²) in [5, 5.41) is 28.4. The number of hydrogen-bond acceptors (Lipinski definition) is 14. The predicted molar refractivity (Wildman–Crippen MR) is 240 cm³/mol. The van der Waals surface area contributed by atoms with Crippen molar-refractivity contribution >= 4 is 11.9 Å². The summed E-state index contributed by atoms with van der Waals surface area (Å²) in [5.41, 5.74) is 2.34. The van der Waals surface area contributed by atoms with Gasteiger partial charge in [-0.1, -0.05) is 12.1 Å². The number of likely N-dealkylation sites (tertiary alicyclic amines) is 2. The standard InChI is InChI=1S/2C25H36N2O5/c2*1-6-30-25-10-9-16(26-14-19(29)32-23(2,3)4)22-24(25)11-12-27(5)18(25)13-15-7-8-17(28)21(31-22)20(15)24/h2*7-8,16,18,22,26,28H,6,9-14H2,1-5H3/t16-,18?,22+,24+,25-;16-,18?,22-,24-,25+/m10/s1. The highest BCUT2D eigenvalue weighted by atomic mass is 16.6. The van der Waals surface area contributed by atoms with Gasteiger partial charge in [-0.15, -0.1) is 0 Å². The van der Waals surface area contributed by atoms with Gasteiger partial charge in [0.2, 0.25) is 0 Å². The van der Waals surface area contributed by atoms with Gasteiger partial charge in [-0.05, 0) is 157 Å². The fraction of sp³-hybridized carbons (Fsp3) is 0.720. The van der Waals surface area contributed by atoms with Gasteiger partial charge in [0, 0.05) is 48.5 Å². The zero-order valence-corrected chi connectivity index (χ0v) is 39.7. The number of piperidine rings is 2. The number of nitrogens with zero attached hydrogens (tertiary/aromatic N) is 2. The maximum absolute atomic E-state index is 12.4. The van der Waals surface area contributed by atoms with Crippen LogP contribution in [0, 0.1) is 0 Å². The second-order valence-corrected chi connectivity index (χ2v) is 21.7. The first-order valence-corrected chi connectivity index (χ1v) is 23.9. The number of likely N-dealkylation sites (N-methyl/N-ethyl adjacent to an activating group) is 2. The van der Waals surface area contributed by atoms with Gasteiger partial charge in [0.25, 0.3) is 0 Å². The third-order valence-corrected chi connectivity index (χ3v) is 16.0. The van der Waals surface area contributed by atoms with E-state index in [4.69, 9.17) is 28.4 Å². The number of nitrogens with one attached hydrogen (secondary N) is 2. The molecule has 2 aromatic carbocycles. The molecule has 2 saturated heterocycles. The van der Waals surface area contributed by atoms with Crippen LogP contribution in [0.15, 0.2) is 24.3 Å². The van der Waals surface area contributed by atoms with Gasteiger partial charge in [0.15, 0.2) is 23.0 Å². The van der Waals surface area contributed by atoms with E-state index in [-0.39, 0.29) is 94.9 Å². The summed E-state index contributed by atoms with van der Waals surface area (Å²) < 4.78 is 37.7. The van der Waals surface area contributed by atoms with Crippen LogP contribution < -0.4 is 20.1 Å². The molecule has 2 saturated carbocycles. The molecule has 0 aromatic heterocycles. The molecule has 14 nitrogen and oxygen atoms in total. The van der Waals surface area contributed by atoms with E-state index in [1.54, 1.807) is 12.1 Å². The van der Waals surface area contributed by atoms with E-state index < -0.39 is 11.2 Å². The van der Waals surface area contributed by atoms with Crippen molar-refractivity contribution in [1.82, 2.24) is 20.4 Å². The Bertz CT molecular complexity index is 2000. The number of phenolic OH excluding ortho intramolecular Hbond substituents is 2. The first-order chi connectivity index (χ1) is 30.3. The van der Waals surface area contributed by atoms with Gasteiger partial charge < -0.3 is 59.1 Å². The van der Waals surface area contributed by atoms with Crippen LogP contribution in [-0.2, 0) is 52.2 Å². The number of aromatic hydroxyl groups is 2. The van der Waals surface area contributed by atoms with Crippen molar-refractivity contribution in [1.29, 1.82) is 0 Å². The molecule has 10 atom stereocenters. The molecule has 4 N–H and O–H groups in total. The zero-order chi connectivity index (χ0) is 45.8. The third-order valence-electron chi connectivity index (χ3n) is 16.0. The maximum atomic E-state index is 12.4. The highest BCUT2D eigenvalue weighted by molar-refractivity contribution is 5.73. The summed E-state index contributed by atoms with van der Waals surface area (Å²) >= 11 is 0. The average Bonchev–Trinajstić information content (AvgIpc) is 3.76. The van der Waals surface area contributed by atoms with E-state index in [0.29, 0.717) is 24.7 Å². The lowest BCUT2D eigenvalue weighted by Gasteiger charge is -2.65. The topological polar surface area (TPSA) is 161 Å². The number of carbonyl (C=O) groups is 2. The summed E-state index contributed by atoms with van der Waals surface area (Å²) in [4.78, 5) is 29.7. The van der Waals surface area contributed by atoms with Crippen LogP contribution in [0.5, 0.6) is 23.0 Å². The van der Waals surface area contributed by atoms with Gasteiger partial charge in [-0.25, -0.2) is 0 Å². The SMILES string of the molecule is CCO[C@@]12CC[C@@H](NCC(=O)OC(C)(C)C)[C@@H]3Oc4c(O)ccc5c4[C@@]31CCN(C)C2C5.CCO[C@@]12CC[C@H](NCC(=O)OC(C)(C)C)[C@@H]3Oc4c(O)ccc5c4[C@@]31CCN(C)C2C5. The summed E-state index contributed by atoms with van der Waals surface area (Å²) in [7, 11) is 4.39. The number of esters is 2. The lowest BCUT2D eigenvalue weighted by atomic mass is 9.48. The molecule has 8 aliphatic rings. The second kappa shape index (κ2) is 16.0. The number of phenols is 2. The van der Waals surface area contributed by atoms with Crippen LogP contribution in [-0.4, -0.2) is 144 Å². The minimum absolute atomic E-state index is 0.0297. The number of ether oxygens (including phenoxy) is 6. The number of rotatable bonds is 10. The molecule has 4 aliphatic heterocycles. The molecule has 352 valence electrons. The normalized spacial score (nSPS) is 35.2. The van der Waals surface area contributed by atoms with Crippen LogP contribution in [0.2, 0.25) is 0 Å². The Morgan fingerprint density at radius 3 is 1.42 bits per heavy atom.